The minimum atomic E-state index is -3.70. The molecule has 2 aromatic carbocycles. The van der Waals surface area contributed by atoms with Gasteiger partial charge in [-0.05, 0) is 73.7 Å². The topological polar surface area (TPSA) is 79.4 Å². The summed E-state index contributed by atoms with van der Waals surface area (Å²) >= 11 is 0. The second-order valence-electron chi connectivity index (χ2n) is 9.63. The lowest BCUT2D eigenvalue weighted by Crippen LogP contribution is -2.33. The van der Waals surface area contributed by atoms with Gasteiger partial charge in [0.25, 0.3) is 0 Å². The molecular weight excluding hydrogens is 478 g/mol. The standard InChI is InChI=1S/C27H39N3O5S/c1-20-15-25(34-6)16-21(2)27(20)36(32,33)30(5)13-14-35-19-26(31)29(4)18-22-7-8-23-9-11-28(3)12-10-24(23)17-22/h7-8,15-17H,9-14,18-19H2,1-6H3. The normalized spacial score (nSPS) is 14.4. The van der Waals surface area contributed by atoms with Gasteiger partial charge in [0.05, 0.1) is 18.6 Å². The third kappa shape index (κ3) is 6.85. The van der Waals surface area contributed by atoms with Crippen LogP contribution >= 0.6 is 0 Å². The highest BCUT2D eigenvalue weighted by Crippen LogP contribution is 2.27. The summed E-state index contributed by atoms with van der Waals surface area (Å²) in [6.07, 6.45) is 2.07. The molecule has 0 N–H and O–H groups in total. The number of fused-ring (bicyclic) bond motifs is 1. The fourth-order valence-corrected chi connectivity index (χ4v) is 6.08. The number of methoxy groups -OCH3 is 1. The van der Waals surface area contributed by atoms with Crippen LogP contribution in [-0.2, 0) is 38.9 Å². The molecule has 1 heterocycles. The van der Waals surface area contributed by atoms with E-state index in [1.807, 2.05) is 0 Å². The number of amides is 1. The quantitative estimate of drug-likeness (QED) is 0.451. The van der Waals surface area contributed by atoms with Gasteiger partial charge < -0.3 is 19.3 Å². The monoisotopic (exact) mass is 517 g/mol. The molecule has 0 aliphatic carbocycles. The van der Waals surface area contributed by atoms with Crippen molar-refractivity contribution in [3.8, 4) is 5.75 Å². The highest BCUT2D eigenvalue weighted by Gasteiger charge is 2.25. The number of likely N-dealkylation sites (N-methyl/N-ethyl adjacent to an activating group) is 3. The first-order valence-corrected chi connectivity index (χ1v) is 13.7. The molecule has 1 amide bonds. The Hall–Kier alpha value is -2.46. The molecule has 2 aromatic rings. The molecule has 0 atom stereocenters. The molecule has 3 rings (SSSR count). The molecule has 0 fully saturated rings. The van der Waals surface area contributed by atoms with Gasteiger partial charge in [0.1, 0.15) is 12.4 Å². The van der Waals surface area contributed by atoms with Crippen LogP contribution in [0.25, 0.3) is 0 Å². The molecule has 198 valence electrons. The number of hydrogen-bond acceptors (Lipinski definition) is 6. The van der Waals surface area contributed by atoms with E-state index in [4.69, 9.17) is 9.47 Å². The first kappa shape index (κ1) is 28.1. The average Bonchev–Trinajstić information content (AvgIpc) is 3.01. The molecule has 0 aromatic heterocycles. The fourth-order valence-electron chi connectivity index (χ4n) is 4.52. The Morgan fingerprint density at radius 1 is 1.03 bits per heavy atom. The molecule has 1 aliphatic rings. The van der Waals surface area contributed by atoms with Crippen LogP contribution in [0.1, 0.15) is 27.8 Å². The van der Waals surface area contributed by atoms with Crippen LogP contribution in [0.5, 0.6) is 5.75 Å². The van der Waals surface area contributed by atoms with Crippen molar-refractivity contribution in [3.63, 3.8) is 0 Å². The molecule has 8 nitrogen and oxygen atoms in total. The van der Waals surface area contributed by atoms with E-state index in [0.29, 0.717) is 23.4 Å². The first-order chi connectivity index (χ1) is 17.0. The summed E-state index contributed by atoms with van der Waals surface area (Å²) in [5.74, 6) is 0.480. The number of nitrogens with zero attached hydrogens (tertiary/aromatic N) is 3. The highest BCUT2D eigenvalue weighted by molar-refractivity contribution is 7.89. The number of sulfonamides is 1. The van der Waals surface area contributed by atoms with Crippen molar-refractivity contribution in [3.05, 3.63) is 58.1 Å². The summed E-state index contributed by atoms with van der Waals surface area (Å²) < 4.78 is 38.3. The predicted octanol–water partition coefficient (Wildman–Crippen LogP) is 2.64. The average molecular weight is 518 g/mol. The maximum Gasteiger partial charge on any atom is 0.248 e. The summed E-state index contributed by atoms with van der Waals surface area (Å²) in [6.45, 7) is 6.29. The van der Waals surface area contributed by atoms with Gasteiger partial charge in [-0.2, -0.15) is 4.31 Å². The summed E-state index contributed by atoms with van der Waals surface area (Å²) in [4.78, 5) is 16.9. The van der Waals surface area contributed by atoms with Crippen LogP contribution in [-0.4, -0.2) is 89.5 Å². The van der Waals surface area contributed by atoms with Crippen molar-refractivity contribution >= 4 is 15.9 Å². The fraction of sp³-hybridized carbons (Fsp3) is 0.519. The molecule has 0 saturated carbocycles. The summed E-state index contributed by atoms with van der Waals surface area (Å²) in [7, 11) is 3.28. The zero-order valence-electron chi connectivity index (χ0n) is 22.3. The van der Waals surface area contributed by atoms with E-state index in [2.05, 4.69) is 30.1 Å². The van der Waals surface area contributed by atoms with E-state index in [1.165, 1.54) is 22.5 Å². The van der Waals surface area contributed by atoms with Crippen LogP contribution in [0.15, 0.2) is 35.2 Å². The number of ether oxygens (including phenoxy) is 2. The highest BCUT2D eigenvalue weighted by atomic mass is 32.2. The van der Waals surface area contributed by atoms with Gasteiger partial charge in [0, 0.05) is 40.3 Å². The van der Waals surface area contributed by atoms with Crippen LogP contribution < -0.4 is 4.74 Å². The number of rotatable bonds is 10. The molecule has 0 bridgehead atoms. The number of aryl methyl sites for hydroxylation is 2. The SMILES string of the molecule is COc1cc(C)c(S(=O)(=O)N(C)CCOCC(=O)N(C)Cc2ccc3c(c2)CCN(C)CC3)c(C)c1. The molecule has 0 radical (unpaired) electrons. The minimum absolute atomic E-state index is 0.0965. The van der Waals surface area contributed by atoms with E-state index in [9.17, 15) is 13.2 Å². The van der Waals surface area contributed by atoms with Gasteiger partial charge in [-0.25, -0.2) is 8.42 Å². The summed E-state index contributed by atoms with van der Waals surface area (Å²) in [5, 5.41) is 0. The molecule has 1 aliphatic heterocycles. The summed E-state index contributed by atoms with van der Waals surface area (Å²) in [5.41, 5.74) is 5.10. The Kier molecular flexibility index (Phi) is 9.52. The third-order valence-corrected chi connectivity index (χ3v) is 8.92. The zero-order chi connectivity index (χ0) is 26.5. The van der Waals surface area contributed by atoms with E-state index >= 15 is 0 Å². The van der Waals surface area contributed by atoms with Gasteiger partial charge in [-0.1, -0.05) is 18.2 Å². The maximum atomic E-state index is 13.1. The molecule has 0 unspecified atom stereocenters. The van der Waals surface area contributed by atoms with Gasteiger partial charge in [-0.15, -0.1) is 0 Å². The Morgan fingerprint density at radius 2 is 1.67 bits per heavy atom. The largest absolute Gasteiger partial charge is 0.497 e. The Morgan fingerprint density at radius 3 is 2.31 bits per heavy atom. The molecule has 0 saturated heterocycles. The number of carbonyl (C=O) groups is 1. The van der Waals surface area contributed by atoms with Crippen LogP contribution in [0, 0.1) is 13.8 Å². The van der Waals surface area contributed by atoms with Crippen molar-refractivity contribution in [2.75, 3.05) is 61.1 Å². The number of benzene rings is 2. The van der Waals surface area contributed by atoms with E-state index in [-0.39, 0.29) is 30.6 Å². The minimum Gasteiger partial charge on any atom is -0.497 e. The predicted molar refractivity (Wildman–Crippen MR) is 141 cm³/mol. The van der Waals surface area contributed by atoms with E-state index in [1.54, 1.807) is 45.0 Å². The van der Waals surface area contributed by atoms with Crippen molar-refractivity contribution in [1.82, 2.24) is 14.1 Å². The number of hydrogen-bond donors (Lipinski definition) is 0. The smallest absolute Gasteiger partial charge is 0.248 e. The lowest BCUT2D eigenvalue weighted by atomic mass is 10.00. The second kappa shape index (κ2) is 12.2. The van der Waals surface area contributed by atoms with Gasteiger partial charge in [0.15, 0.2) is 0 Å². The molecule has 9 heteroatoms. The van der Waals surface area contributed by atoms with Gasteiger partial charge in [-0.3, -0.25) is 4.79 Å². The van der Waals surface area contributed by atoms with Crippen molar-refractivity contribution in [1.29, 1.82) is 0 Å². The first-order valence-electron chi connectivity index (χ1n) is 12.3. The van der Waals surface area contributed by atoms with E-state index < -0.39 is 10.0 Å². The van der Waals surface area contributed by atoms with Gasteiger partial charge >= 0.3 is 0 Å². The zero-order valence-corrected chi connectivity index (χ0v) is 23.2. The van der Waals surface area contributed by atoms with Crippen molar-refractivity contribution < 1.29 is 22.7 Å². The number of carbonyl (C=O) groups excluding carboxylic acids is 1. The lowest BCUT2D eigenvalue weighted by molar-refractivity contribution is -0.135. The van der Waals surface area contributed by atoms with Gasteiger partial charge in [0.2, 0.25) is 15.9 Å². The summed E-state index contributed by atoms with van der Waals surface area (Å²) in [6, 6.07) is 9.91. The maximum absolute atomic E-state index is 13.1. The van der Waals surface area contributed by atoms with Crippen LogP contribution in [0.4, 0.5) is 0 Å². The van der Waals surface area contributed by atoms with Crippen molar-refractivity contribution in [2.45, 2.75) is 38.1 Å². The molecule has 0 spiro atoms. The molecule has 36 heavy (non-hydrogen) atoms. The van der Waals surface area contributed by atoms with E-state index in [0.717, 1.165) is 31.5 Å². The third-order valence-electron chi connectivity index (χ3n) is 6.76. The Balaban J connectivity index is 1.49. The van der Waals surface area contributed by atoms with Crippen LogP contribution in [0.3, 0.4) is 0 Å². The molecular formula is C27H39N3O5S. The lowest BCUT2D eigenvalue weighted by Gasteiger charge is -2.21. The Labute approximate surface area is 215 Å². The van der Waals surface area contributed by atoms with Crippen LogP contribution in [0.2, 0.25) is 0 Å². The second-order valence-corrected chi connectivity index (χ2v) is 11.6. The Bertz CT molecular complexity index is 1160. The van der Waals surface area contributed by atoms with Crippen molar-refractivity contribution in [2.24, 2.45) is 0 Å².